The molecule has 0 spiro atoms. The molecule has 0 radical (unpaired) electrons. The summed E-state index contributed by atoms with van der Waals surface area (Å²) in [5.74, 6) is 0.519. The number of nitrogens with zero attached hydrogens (tertiary/aromatic N) is 3. The van der Waals surface area contributed by atoms with E-state index in [1.54, 1.807) is 30.3 Å². The fourth-order valence-electron chi connectivity index (χ4n) is 4.90. The quantitative estimate of drug-likeness (QED) is 0.264. The number of alkyl halides is 3. The Morgan fingerprint density at radius 3 is 2.50 bits per heavy atom. The number of anilines is 2. The SMILES string of the molecule is Cc1ccccc1CN(C)C(=O)c1ccc(-c2cnc3c(c2)N(Cc2cc(Cl)ccc2C(F)(F)F)CCN3)cc1. The number of pyridine rings is 1. The Morgan fingerprint density at radius 2 is 1.77 bits per heavy atom. The molecule has 4 aromatic rings. The lowest BCUT2D eigenvalue weighted by atomic mass is 10.0. The van der Waals surface area contributed by atoms with E-state index < -0.39 is 11.7 Å². The summed E-state index contributed by atoms with van der Waals surface area (Å²) in [7, 11) is 1.78. The molecular formula is C31H28ClF3N4O. The molecule has 1 aliphatic rings. The second-order valence-electron chi connectivity index (χ2n) is 9.90. The van der Waals surface area contributed by atoms with Crippen LogP contribution in [-0.4, -0.2) is 35.9 Å². The van der Waals surface area contributed by atoms with Crippen molar-refractivity contribution in [2.75, 3.05) is 30.4 Å². The minimum Gasteiger partial charge on any atom is -0.367 e. The van der Waals surface area contributed by atoms with Gasteiger partial charge in [0.25, 0.3) is 5.91 Å². The number of carbonyl (C=O) groups excluding carboxylic acids is 1. The van der Waals surface area contributed by atoms with E-state index in [1.165, 1.54) is 12.1 Å². The number of hydrogen-bond acceptors (Lipinski definition) is 4. The molecule has 2 heterocycles. The van der Waals surface area contributed by atoms with Crippen molar-refractivity contribution in [1.29, 1.82) is 0 Å². The van der Waals surface area contributed by atoms with Crippen LogP contribution in [0.25, 0.3) is 11.1 Å². The van der Waals surface area contributed by atoms with Gasteiger partial charge in [0.2, 0.25) is 0 Å². The molecule has 0 unspecified atom stereocenters. The van der Waals surface area contributed by atoms with Crippen molar-refractivity contribution in [2.45, 2.75) is 26.2 Å². The third kappa shape index (κ3) is 5.92. The van der Waals surface area contributed by atoms with Crippen molar-refractivity contribution < 1.29 is 18.0 Å². The minimum absolute atomic E-state index is 0.0376. The van der Waals surface area contributed by atoms with Crippen LogP contribution < -0.4 is 10.2 Å². The monoisotopic (exact) mass is 564 g/mol. The molecule has 40 heavy (non-hydrogen) atoms. The lowest BCUT2D eigenvalue weighted by Crippen LogP contribution is -2.34. The number of amides is 1. The first-order valence-corrected chi connectivity index (χ1v) is 13.2. The molecule has 0 saturated heterocycles. The summed E-state index contributed by atoms with van der Waals surface area (Å²) in [4.78, 5) is 21.2. The van der Waals surface area contributed by atoms with Gasteiger partial charge >= 0.3 is 6.18 Å². The molecule has 1 aliphatic heterocycles. The van der Waals surface area contributed by atoms with E-state index in [2.05, 4.69) is 10.3 Å². The fraction of sp³-hybridized carbons (Fsp3) is 0.226. The van der Waals surface area contributed by atoms with Crippen molar-refractivity contribution in [3.63, 3.8) is 0 Å². The van der Waals surface area contributed by atoms with Gasteiger partial charge in [-0.05, 0) is 65.6 Å². The van der Waals surface area contributed by atoms with Crippen LogP contribution in [0.5, 0.6) is 0 Å². The summed E-state index contributed by atoms with van der Waals surface area (Å²) in [6, 6.07) is 20.8. The highest BCUT2D eigenvalue weighted by Crippen LogP contribution is 2.37. The van der Waals surface area contributed by atoms with Crippen molar-refractivity contribution in [3.05, 3.63) is 112 Å². The van der Waals surface area contributed by atoms with E-state index >= 15 is 0 Å². The second-order valence-corrected chi connectivity index (χ2v) is 10.3. The summed E-state index contributed by atoms with van der Waals surface area (Å²) in [5, 5.41) is 3.48. The Labute approximate surface area is 236 Å². The Kier molecular flexibility index (Phi) is 7.72. The van der Waals surface area contributed by atoms with Crippen LogP contribution in [0.1, 0.15) is 32.6 Å². The Hall–Kier alpha value is -4.04. The summed E-state index contributed by atoms with van der Waals surface area (Å²) >= 11 is 6.05. The van der Waals surface area contributed by atoms with Crippen LogP contribution in [-0.2, 0) is 19.3 Å². The molecule has 0 fully saturated rings. The van der Waals surface area contributed by atoms with E-state index in [1.807, 2.05) is 54.3 Å². The number of nitrogens with one attached hydrogen (secondary N) is 1. The summed E-state index contributed by atoms with van der Waals surface area (Å²) in [6.07, 6.45) is -2.76. The molecule has 1 amide bonds. The fourth-order valence-corrected chi connectivity index (χ4v) is 5.09. The highest BCUT2D eigenvalue weighted by Gasteiger charge is 2.34. The minimum atomic E-state index is -4.48. The highest BCUT2D eigenvalue weighted by atomic mass is 35.5. The average Bonchev–Trinajstić information content (AvgIpc) is 2.93. The zero-order valence-corrected chi connectivity index (χ0v) is 22.9. The molecule has 206 valence electrons. The predicted molar refractivity (Wildman–Crippen MR) is 153 cm³/mol. The zero-order chi connectivity index (χ0) is 28.4. The van der Waals surface area contributed by atoms with Crippen molar-refractivity contribution in [1.82, 2.24) is 9.88 Å². The van der Waals surface area contributed by atoms with E-state index in [4.69, 9.17) is 11.6 Å². The van der Waals surface area contributed by atoms with Crippen LogP contribution in [0.3, 0.4) is 0 Å². The zero-order valence-electron chi connectivity index (χ0n) is 22.1. The predicted octanol–water partition coefficient (Wildman–Crippen LogP) is 7.43. The van der Waals surface area contributed by atoms with Gasteiger partial charge < -0.3 is 15.1 Å². The van der Waals surface area contributed by atoms with E-state index in [-0.39, 0.29) is 23.0 Å². The Bertz CT molecular complexity index is 1540. The number of carbonyl (C=O) groups is 1. The topological polar surface area (TPSA) is 48.5 Å². The summed E-state index contributed by atoms with van der Waals surface area (Å²) < 4.78 is 41.0. The Balaban J connectivity index is 1.37. The number of rotatable bonds is 6. The molecule has 5 nitrogen and oxygen atoms in total. The van der Waals surface area contributed by atoms with E-state index in [0.717, 1.165) is 28.3 Å². The van der Waals surface area contributed by atoms with Gasteiger partial charge in [0.05, 0.1) is 11.3 Å². The van der Waals surface area contributed by atoms with Gasteiger partial charge in [-0.15, -0.1) is 0 Å². The van der Waals surface area contributed by atoms with Gasteiger partial charge in [0, 0.05) is 55.6 Å². The maximum atomic E-state index is 13.7. The first-order chi connectivity index (χ1) is 19.1. The molecule has 0 bridgehead atoms. The van der Waals surface area contributed by atoms with Crippen LogP contribution in [0, 0.1) is 6.92 Å². The van der Waals surface area contributed by atoms with Gasteiger partial charge in [-0.25, -0.2) is 4.98 Å². The van der Waals surface area contributed by atoms with Gasteiger partial charge in [0.1, 0.15) is 5.82 Å². The smallest absolute Gasteiger partial charge is 0.367 e. The lowest BCUT2D eigenvalue weighted by molar-refractivity contribution is -0.138. The maximum absolute atomic E-state index is 13.7. The highest BCUT2D eigenvalue weighted by molar-refractivity contribution is 6.30. The van der Waals surface area contributed by atoms with Gasteiger partial charge in [0.15, 0.2) is 0 Å². The first-order valence-electron chi connectivity index (χ1n) is 12.8. The van der Waals surface area contributed by atoms with Crippen molar-refractivity contribution in [3.8, 4) is 11.1 Å². The molecule has 0 saturated carbocycles. The third-order valence-electron chi connectivity index (χ3n) is 7.10. The number of fused-ring (bicyclic) bond motifs is 1. The average molecular weight is 565 g/mol. The van der Waals surface area contributed by atoms with Crippen molar-refractivity contribution >= 4 is 29.0 Å². The van der Waals surface area contributed by atoms with Crippen LogP contribution in [0.2, 0.25) is 5.02 Å². The maximum Gasteiger partial charge on any atom is 0.416 e. The molecule has 9 heteroatoms. The van der Waals surface area contributed by atoms with Gasteiger partial charge in [-0.2, -0.15) is 13.2 Å². The number of aryl methyl sites for hydroxylation is 1. The molecular weight excluding hydrogens is 537 g/mol. The molecule has 5 rings (SSSR count). The normalized spacial score (nSPS) is 13.0. The molecule has 3 aromatic carbocycles. The number of hydrogen-bond donors (Lipinski definition) is 1. The number of benzene rings is 3. The van der Waals surface area contributed by atoms with Crippen LogP contribution in [0.15, 0.2) is 79.0 Å². The summed E-state index contributed by atoms with van der Waals surface area (Å²) in [5.41, 5.74) is 4.54. The van der Waals surface area contributed by atoms with E-state index in [0.29, 0.717) is 36.7 Å². The molecule has 0 atom stereocenters. The largest absolute Gasteiger partial charge is 0.416 e. The summed E-state index contributed by atoms with van der Waals surface area (Å²) in [6.45, 7) is 3.62. The standard InChI is InChI=1S/C31H28ClF3N4O/c1-20-5-3-4-6-23(20)18-38(2)30(40)22-9-7-21(8-10-22)24-16-28-29(37-17-24)36-13-14-39(28)19-25-15-26(32)11-12-27(25)31(33,34)35/h3-12,15-17H,13-14,18-19H2,1-2H3,(H,36,37). The van der Waals surface area contributed by atoms with Gasteiger partial charge in [-0.3, -0.25) is 4.79 Å². The molecule has 1 aromatic heterocycles. The van der Waals surface area contributed by atoms with E-state index in [9.17, 15) is 18.0 Å². The second kappa shape index (κ2) is 11.2. The van der Waals surface area contributed by atoms with Crippen molar-refractivity contribution in [2.24, 2.45) is 0 Å². The van der Waals surface area contributed by atoms with Crippen LogP contribution in [0.4, 0.5) is 24.7 Å². The first kappa shape index (κ1) is 27.5. The van der Waals surface area contributed by atoms with Gasteiger partial charge in [-0.1, -0.05) is 48.0 Å². The molecule has 0 aliphatic carbocycles. The third-order valence-corrected chi connectivity index (χ3v) is 7.33. The number of halogens is 4. The van der Waals surface area contributed by atoms with Crippen LogP contribution >= 0.6 is 11.6 Å². The number of aromatic nitrogens is 1. The molecule has 1 N–H and O–H groups in total. The Morgan fingerprint density at radius 1 is 1.02 bits per heavy atom. The lowest BCUT2D eigenvalue weighted by Gasteiger charge is -2.32.